The Labute approximate surface area is 120 Å². The summed E-state index contributed by atoms with van der Waals surface area (Å²) in [6.07, 6.45) is 0. The van der Waals surface area contributed by atoms with Gasteiger partial charge in [-0.05, 0) is 24.3 Å². The first-order chi connectivity index (χ1) is 10.1. The molecule has 0 radical (unpaired) electrons. The SMILES string of the molecule is COc1ccc(NCc2ccc(CO)o2)cc1OC(F)F. The van der Waals surface area contributed by atoms with Crippen molar-refractivity contribution in [2.24, 2.45) is 0 Å². The highest BCUT2D eigenvalue weighted by Crippen LogP contribution is 2.31. The zero-order valence-corrected chi connectivity index (χ0v) is 11.3. The van der Waals surface area contributed by atoms with E-state index in [1.165, 1.54) is 19.2 Å². The smallest absolute Gasteiger partial charge is 0.387 e. The van der Waals surface area contributed by atoms with Crippen molar-refractivity contribution in [3.63, 3.8) is 0 Å². The van der Waals surface area contributed by atoms with E-state index < -0.39 is 6.61 Å². The summed E-state index contributed by atoms with van der Waals surface area (Å²) >= 11 is 0. The van der Waals surface area contributed by atoms with Crippen molar-refractivity contribution < 1.29 is 27.8 Å². The molecule has 0 aliphatic carbocycles. The Morgan fingerprint density at radius 2 is 1.95 bits per heavy atom. The van der Waals surface area contributed by atoms with Gasteiger partial charge < -0.3 is 24.3 Å². The maximum Gasteiger partial charge on any atom is 0.387 e. The standard InChI is InChI=1S/C14H15F2NO4/c1-19-12-5-2-9(6-13(12)21-14(15)16)17-7-10-3-4-11(8-18)20-10/h2-6,14,17-18H,7-8H2,1H3. The van der Waals surface area contributed by atoms with Crippen LogP contribution in [0.2, 0.25) is 0 Å². The van der Waals surface area contributed by atoms with Crippen molar-refractivity contribution in [2.45, 2.75) is 19.8 Å². The van der Waals surface area contributed by atoms with Crippen LogP contribution in [0.4, 0.5) is 14.5 Å². The second-order valence-electron chi connectivity index (χ2n) is 4.12. The molecule has 5 nitrogen and oxygen atoms in total. The number of benzene rings is 1. The molecule has 2 N–H and O–H groups in total. The van der Waals surface area contributed by atoms with Gasteiger partial charge in [-0.25, -0.2) is 0 Å². The number of hydrogen-bond donors (Lipinski definition) is 2. The molecule has 7 heteroatoms. The number of furan rings is 1. The van der Waals surface area contributed by atoms with Gasteiger partial charge in [0.15, 0.2) is 11.5 Å². The molecule has 0 unspecified atom stereocenters. The van der Waals surface area contributed by atoms with Gasteiger partial charge in [0.05, 0.1) is 13.7 Å². The zero-order valence-electron chi connectivity index (χ0n) is 11.3. The minimum absolute atomic E-state index is 0.0482. The van der Waals surface area contributed by atoms with Crippen molar-refractivity contribution in [3.8, 4) is 11.5 Å². The molecule has 1 aromatic carbocycles. The number of hydrogen-bond acceptors (Lipinski definition) is 5. The second kappa shape index (κ2) is 6.94. The molecule has 114 valence electrons. The van der Waals surface area contributed by atoms with Crippen molar-refractivity contribution in [1.82, 2.24) is 0 Å². The summed E-state index contributed by atoms with van der Waals surface area (Å²) in [6, 6.07) is 8.00. The highest BCUT2D eigenvalue weighted by molar-refractivity contribution is 5.54. The predicted octanol–water partition coefficient (Wildman–Crippen LogP) is 2.99. The maximum absolute atomic E-state index is 12.3. The molecule has 0 aliphatic heterocycles. The number of aliphatic hydroxyl groups is 1. The average Bonchev–Trinajstić information content (AvgIpc) is 2.93. The molecule has 1 heterocycles. The first-order valence-electron chi connectivity index (χ1n) is 6.17. The van der Waals surface area contributed by atoms with E-state index in [1.807, 2.05) is 0 Å². The van der Waals surface area contributed by atoms with E-state index in [1.54, 1.807) is 18.2 Å². The molecular weight excluding hydrogens is 284 g/mol. The van der Waals surface area contributed by atoms with Crippen LogP contribution in [-0.4, -0.2) is 18.8 Å². The zero-order chi connectivity index (χ0) is 15.2. The molecular formula is C14H15F2NO4. The summed E-state index contributed by atoms with van der Waals surface area (Å²) in [5.41, 5.74) is 0.577. The molecule has 2 aromatic rings. The topological polar surface area (TPSA) is 63.9 Å². The normalized spacial score (nSPS) is 10.7. The number of methoxy groups -OCH3 is 1. The van der Waals surface area contributed by atoms with E-state index in [2.05, 4.69) is 10.1 Å². The Kier molecular flexibility index (Phi) is 4.99. The van der Waals surface area contributed by atoms with Gasteiger partial charge in [0.1, 0.15) is 18.1 Å². The van der Waals surface area contributed by atoms with E-state index in [4.69, 9.17) is 14.3 Å². The van der Waals surface area contributed by atoms with Gasteiger partial charge in [0.25, 0.3) is 0 Å². The number of nitrogens with one attached hydrogen (secondary N) is 1. The lowest BCUT2D eigenvalue weighted by molar-refractivity contribution is -0.0511. The number of rotatable bonds is 7. The second-order valence-corrected chi connectivity index (χ2v) is 4.12. The number of halogens is 2. The van der Waals surface area contributed by atoms with Gasteiger partial charge in [-0.15, -0.1) is 0 Å². The lowest BCUT2D eigenvalue weighted by Gasteiger charge is -2.12. The molecule has 0 amide bonds. The fraction of sp³-hybridized carbons (Fsp3) is 0.286. The summed E-state index contributed by atoms with van der Waals surface area (Å²) in [5.74, 6) is 1.25. The molecule has 1 aromatic heterocycles. The van der Waals surface area contributed by atoms with Gasteiger partial charge in [0.2, 0.25) is 0 Å². The first-order valence-corrected chi connectivity index (χ1v) is 6.17. The van der Waals surface area contributed by atoms with Crippen molar-refractivity contribution >= 4 is 5.69 Å². The molecule has 21 heavy (non-hydrogen) atoms. The van der Waals surface area contributed by atoms with Crippen LogP contribution in [-0.2, 0) is 13.2 Å². The van der Waals surface area contributed by atoms with Crippen LogP contribution < -0.4 is 14.8 Å². The summed E-state index contributed by atoms with van der Waals surface area (Å²) in [4.78, 5) is 0. The minimum Gasteiger partial charge on any atom is -0.493 e. The third-order valence-electron chi connectivity index (χ3n) is 2.72. The quantitative estimate of drug-likeness (QED) is 0.823. The van der Waals surface area contributed by atoms with E-state index in [0.29, 0.717) is 23.8 Å². The van der Waals surface area contributed by atoms with E-state index in [9.17, 15) is 8.78 Å². The highest BCUT2D eigenvalue weighted by atomic mass is 19.3. The van der Waals surface area contributed by atoms with Crippen LogP contribution in [0, 0.1) is 0 Å². The van der Waals surface area contributed by atoms with Crippen LogP contribution in [0.15, 0.2) is 34.7 Å². The first kappa shape index (κ1) is 15.1. The molecule has 0 saturated carbocycles. The number of ether oxygens (including phenoxy) is 2. The number of alkyl halides is 2. The molecule has 0 atom stereocenters. The van der Waals surface area contributed by atoms with Gasteiger partial charge >= 0.3 is 6.61 Å². The highest BCUT2D eigenvalue weighted by Gasteiger charge is 2.11. The molecule has 0 spiro atoms. The molecule has 0 bridgehead atoms. The maximum atomic E-state index is 12.3. The van der Waals surface area contributed by atoms with Crippen LogP contribution >= 0.6 is 0 Å². The Hall–Kier alpha value is -2.28. The van der Waals surface area contributed by atoms with Crippen LogP contribution in [0.3, 0.4) is 0 Å². The summed E-state index contributed by atoms with van der Waals surface area (Å²) in [5, 5.41) is 11.9. The fourth-order valence-corrected chi connectivity index (χ4v) is 1.77. The summed E-state index contributed by atoms with van der Waals surface area (Å²) in [6.45, 7) is -2.75. The lowest BCUT2D eigenvalue weighted by Crippen LogP contribution is -2.05. The van der Waals surface area contributed by atoms with Gasteiger partial charge in [-0.3, -0.25) is 0 Å². The van der Waals surface area contributed by atoms with Crippen molar-refractivity contribution in [1.29, 1.82) is 0 Å². The predicted molar refractivity (Wildman–Crippen MR) is 71.6 cm³/mol. The monoisotopic (exact) mass is 299 g/mol. The third kappa shape index (κ3) is 4.09. The van der Waals surface area contributed by atoms with Crippen molar-refractivity contribution in [2.75, 3.05) is 12.4 Å². The van der Waals surface area contributed by atoms with E-state index in [-0.39, 0.29) is 18.1 Å². The third-order valence-corrected chi connectivity index (χ3v) is 2.72. The molecule has 0 saturated heterocycles. The minimum atomic E-state index is -2.92. The number of aliphatic hydroxyl groups excluding tert-OH is 1. The summed E-state index contributed by atoms with van der Waals surface area (Å²) < 4.78 is 39.3. The Balaban J connectivity index is 2.05. The largest absolute Gasteiger partial charge is 0.493 e. The summed E-state index contributed by atoms with van der Waals surface area (Å²) in [7, 11) is 1.38. The van der Waals surface area contributed by atoms with Gasteiger partial charge in [-0.1, -0.05) is 0 Å². The van der Waals surface area contributed by atoms with Crippen LogP contribution in [0.1, 0.15) is 11.5 Å². The molecule has 0 aliphatic rings. The van der Waals surface area contributed by atoms with Gasteiger partial charge in [-0.2, -0.15) is 8.78 Å². The van der Waals surface area contributed by atoms with E-state index in [0.717, 1.165) is 0 Å². The number of anilines is 1. The average molecular weight is 299 g/mol. The Morgan fingerprint density at radius 3 is 2.57 bits per heavy atom. The molecule has 2 rings (SSSR count). The van der Waals surface area contributed by atoms with E-state index >= 15 is 0 Å². The Bertz CT molecular complexity index is 586. The van der Waals surface area contributed by atoms with Crippen LogP contribution in [0.5, 0.6) is 11.5 Å². The van der Waals surface area contributed by atoms with Crippen molar-refractivity contribution in [3.05, 3.63) is 41.9 Å². The van der Waals surface area contributed by atoms with Crippen LogP contribution in [0.25, 0.3) is 0 Å². The molecule has 0 fully saturated rings. The fourth-order valence-electron chi connectivity index (χ4n) is 1.77. The lowest BCUT2D eigenvalue weighted by atomic mass is 10.2. The Morgan fingerprint density at radius 1 is 1.19 bits per heavy atom. The van der Waals surface area contributed by atoms with Gasteiger partial charge in [0, 0.05) is 11.8 Å².